The van der Waals surface area contributed by atoms with Crippen molar-refractivity contribution >= 4 is 0 Å². The molecule has 22 heavy (non-hydrogen) atoms. The smallest absolute Gasteiger partial charge is 0.175 e. The molecule has 0 saturated heterocycles. The number of benzene rings is 1. The van der Waals surface area contributed by atoms with Gasteiger partial charge < -0.3 is 10.1 Å². The van der Waals surface area contributed by atoms with E-state index in [1.165, 1.54) is 29.6 Å². The molecule has 2 rings (SSSR count). The van der Waals surface area contributed by atoms with Crippen molar-refractivity contribution in [3.8, 4) is 11.4 Å². The molecule has 2 aromatic rings. The highest BCUT2D eigenvalue weighted by atomic mass is 16.5. The molecular weight excluding hydrogens is 274 g/mol. The molecule has 0 atom stereocenters. The molecule has 0 aliphatic rings. The molecule has 1 heterocycles. The maximum Gasteiger partial charge on any atom is 0.175 e. The normalized spacial score (nSPS) is 11.3. The molecule has 0 radical (unpaired) electrons. The van der Waals surface area contributed by atoms with Gasteiger partial charge in [-0.1, -0.05) is 49.6 Å². The van der Waals surface area contributed by atoms with Gasteiger partial charge in [0.2, 0.25) is 0 Å². The Morgan fingerprint density at radius 3 is 2.45 bits per heavy atom. The lowest BCUT2D eigenvalue weighted by Crippen LogP contribution is -2.21. The highest BCUT2D eigenvalue weighted by Gasteiger charge is 2.16. The summed E-state index contributed by atoms with van der Waals surface area (Å²) in [6.45, 7) is 7.97. The Morgan fingerprint density at radius 1 is 1.14 bits per heavy atom. The van der Waals surface area contributed by atoms with E-state index in [9.17, 15) is 5.21 Å². The molecule has 0 aliphatic carbocycles. The molecule has 1 aromatic carbocycles. The lowest BCUT2D eigenvalue weighted by atomic mass is 10.1. The van der Waals surface area contributed by atoms with Crippen LogP contribution in [0, 0.1) is 13.8 Å². The summed E-state index contributed by atoms with van der Waals surface area (Å²) in [7, 11) is 2.09. The number of aryl methyl sites for hydroxylation is 2. The van der Waals surface area contributed by atoms with Gasteiger partial charge in [0.15, 0.2) is 5.82 Å². The van der Waals surface area contributed by atoms with Crippen molar-refractivity contribution in [3.05, 3.63) is 41.2 Å². The highest BCUT2D eigenvalue weighted by Crippen LogP contribution is 2.22. The van der Waals surface area contributed by atoms with Crippen LogP contribution in [0.1, 0.15) is 43.1 Å². The van der Waals surface area contributed by atoms with Crippen LogP contribution in [0.25, 0.3) is 11.4 Å². The molecule has 0 aliphatic heterocycles. The first-order valence-corrected chi connectivity index (χ1v) is 8.06. The van der Waals surface area contributed by atoms with Gasteiger partial charge in [-0.2, -0.15) is 4.73 Å². The van der Waals surface area contributed by atoms with Crippen molar-refractivity contribution < 1.29 is 5.21 Å². The first kappa shape index (κ1) is 16.6. The fourth-order valence-corrected chi connectivity index (χ4v) is 2.59. The minimum atomic E-state index is 0.620. The van der Waals surface area contributed by atoms with Crippen molar-refractivity contribution in [1.82, 2.24) is 14.6 Å². The van der Waals surface area contributed by atoms with E-state index in [1.807, 2.05) is 31.2 Å². The summed E-state index contributed by atoms with van der Waals surface area (Å²) >= 11 is 0. The zero-order valence-electron chi connectivity index (χ0n) is 14.1. The zero-order valence-corrected chi connectivity index (χ0v) is 14.1. The molecule has 0 spiro atoms. The molecule has 120 valence electrons. The van der Waals surface area contributed by atoms with E-state index < -0.39 is 0 Å². The molecule has 4 nitrogen and oxygen atoms in total. The van der Waals surface area contributed by atoms with E-state index in [0.29, 0.717) is 12.4 Å². The van der Waals surface area contributed by atoms with Gasteiger partial charge in [0, 0.05) is 12.1 Å². The Labute approximate surface area is 133 Å². The average molecular weight is 301 g/mol. The minimum absolute atomic E-state index is 0.620. The van der Waals surface area contributed by atoms with Crippen LogP contribution in [0.15, 0.2) is 24.3 Å². The summed E-state index contributed by atoms with van der Waals surface area (Å²) < 4.78 is 1.25. The lowest BCUT2D eigenvalue weighted by Gasteiger charge is -2.16. The molecule has 0 amide bonds. The van der Waals surface area contributed by atoms with E-state index in [0.717, 1.165) is 23.5 Å². The van der Waals surface area contributed by atoms with Gasteiger partial charge in [-0.15, -0.1) is 0 Å². The van der Waals surface area contributed by atoms with Crippen LogP contribution in [0.5, 0.6) is 0 Å². The number of unbranched alkanes of at least 4 members (excludes halogenated alkanes) is 2. The van der Waals surface area contributed by atoms with E-state index in [4.69, 9.17) is 0 Å². The van der Waals surface area contributed by atoms with Gasteiger partial charge >= 0.3 is 0 Å². The van der Waals surface area contributed by atoms with Gasteiger partial charge in [0.05, 0.1) is 11.4 Å². The van der Waals surface area contributed by atoms with Crippen LogP contribution in [0.2, 0.25) is 0 Å². The lowest BCUT2D eigenvalue weighted by molar-refractivity contribution is 0.168. The largest absolute Gasteiger partial charge is 0.427 e. The molecular formula is C18H27N3O. The highest BCUT2D eigenvalue weighted by molar-refractivity contribution is 5.57. The molecule has 4 heteroatoms. The van der Waals surface area contributed by atoms with Crippen LogP contribution in [0.4, 0.5) is 0 Å². The zero-order chi connectivity index (χ0) is 16.1. The average Bonchev–Trinajstić information content (AvgIpc) is 2.76. The molecule has 0 fully saturated rings. The third-order valence-electron chi connectivity index (χ3n) is 4.02. The second-order valence-corrected chi connectivity index (χ2v) is 6.09. The quantitative estimate of drug-likeness (QED) is 0.620. The molecule has 0 bridgehead atoms. The minimum Gasteiger partial charge on any atom is -0.427 e. The number of aromatic nitrogens is 2. The second-order valence-electron chi connectivity index (χ2n) is 6.09. The van der Waals surface area contributed by atoms with Crippen LogP contribution < -0.4 is 0 Å². The Bertz CT molecular complexity index is 602. The van der Waals surface area contributed by atoms with Gasteiger partial charge in [-0.25, -0.2) is 4.98 Å². The number of imidazole rings is 1. The summed E-state index contributed by atoms with van der Waals surface area (Å²) in [4.78, 5) is 6.79. The fraction of sp³-hybridized carbons (Fsp3) is 0.500. The van der Waals surface area contributed by atoms with Crippen LogP contribution >= 0.6 is 0 Å². The SMILES string of the molecule is CCCCCN(C)Cc1c(C)nc(-c2ccc(C)cc2)n1O. The number of rotatable bonds is 7. The van der Waals surface area contributed by atoms with Crippen molar-refractivity contribution in [1.29, 1.82) is 0 Å². The number of hydrogen-bond acceptors (Lipinski definition) is 3. The van der Waals surface area contributed by atoms with E-state index in [2.05, 4.69) is 30.8 Å². The predicted molar refractivity (Wildman–Crippen MR) is 90.2 cm³/mol. The molecule has 1 N–H and O–H groups in total. The maximum atomic E-state index is 10.5. The standard InChI is InChI=1S/C18H27N3O/c1-5-6-7-12-20(4)13-17-15(3)19-18(21(17)22)16-10-8-14(2)9-11-16/h8-11,22H,5-7,12-13H2,1-4H3. The number of nitrogens with zero attached hydrogens (tertiary/aromatic N) is 3. The van der Waals surface area contributed by atoms with Crippen LogP contribution in [0.3, 0.4) is 0 Å². The van der Waals surface area contributed by atoms with Gasteiger partial charge in [0.25, 0.3) is 0 Å². The third kappa shape index (κ3) is 3.89. The molecule has 0 saturated carbocycles. The van der Waals surface area contributed by atoms with Crippen molar-refractivity contribution in [3.63, 3.8) is 0 Å². The van der Waals surface area contributed by atoms with E-state index in [1.54, 1.807) is 0 Å². The summed E-state index contributed by atoms with van der Waals surface area (Å²) in [6, 6.07) is 8.07. The van der Waals surface area contributed by atoms with E-state index in [-0.39, 0.29) is 0 Å². The Morgan fingerprint density at radius 2 is 1.82 bits per heavy atom. The summed E-state index contributed by atoms with van der Waals surface area (Å²) in [6.07, 6.45) is 3.66. The van der Waals surface area contributed by atoms with Gasteiger partial charge in [0.1, 0.15) is 0 Å². The number of hydrogen-bond donors (Lipinski definition) is 1. The first-order valence-electron chi connectivity index (χ1n) is 8.06. The Balaban J connectivity index is 2.15. The first-order chi connectivity index (χ1) is 10.5. The Hall–Kier alpha value is -1.81. The third-order valence-corrected chi connectivity index (χ3v) is 4.02. The molecule has 0 unspecified atom stereocenters. The van der Waals surface area contributed by atoms with E-state index >= 15 is 0 Å². The fourth-order valence-electron chi connectivity index (χ4n) is 2.59. The van der Waals surface area contributed by atoms with Crippen molar-refractivity contribution in [2.45, 2.75) is 46.6 Å². The predicted octanol–water partition coefficient (Wildman–Crippen LogP) is 4.03. The Kier molecular flexibility index (Phi) is 5.61. The summed E-state index contributed by atoms with van der Waals surface area (Å²) in [5.41, 5.74) is 3.90. The van der Waals surface area contributed by atoms with Crippen molar-refractivity contribution in [2.24, 2.45) is 0 Å². The van der Waals surface area contributed by atoms with Crippen LogP contribution in [-0.2, 0) is 6.54 Å². The van der Waals surface area contributed by atoms with Gasteiger partial charge in [-0.05, 0) is 33.9 Å². The second kappa shape index (κ2) is 7.45. The van der Waals surface area contributed by atoms with Crippen LogP contribution in [-0.4, -0.2) is 33.4 Å². The maximum absolute atomic E-state index is 10.5. The topological polar surface area (TPSA) is 41.3 Å². The summed E-state index contributed by atoms with van der Waals surface area (Å²) in [5, 5.41) is 10.5. The van der Waals surface area contributed by atoms with Crippen molar-refractivity contribution in [2.75, 3.05) is 13.6 Å². The van der Waals surface area contributed by atoms with Gasteiger partial charge in [-0.3, -0.25) is 0 Å². The summed E-state index contributed by atoms with van der Waals surface area (Å²) in [5.74, 6) is 0.620. The monoisotopic (exact) mass is 301 g/mol. The molecule has 1 aromatic heterocycles.